The lowest BCUT2D eigenvalue weighted by Gasteiger charge is -2.22. The average molecular weight is 218 g/mol. The van der Waals surface area contributed by atoms with Gasteiger partial charge < -0.3 is 4.74 Å². The van der Waals surface area contributed by atoms with Crippen molar-refractivity contribution in [1.29, 1.82) is 0 Å². The Hall–Kier alpha value is -1.19. The highest BCUT2D eigenvalue weighted by molar-refractivity contribution is 5.38. The molecule has 0 fully saturated rings. The molecule has 0 atom stereocenters. The van der Waals surface area contributed by atoms with Gasteiger partial charge in [0.15, 0.2) is 0 Å². The van der Waals surface area contributed by atoms with Crippen LogP contribution >= 0.6 is 0 Å². The Kier molecular flexibility index (Phi) is 3.27. The minimum atomic E-state index is -2.94. The summed E-state index contributed by atoms with van der Waals surface area (Å²) in [6, 6.07) is 3.68. The Labute approximate surface area is 86.9 Å². The second kappa shape index (κ2) is 4.13. The number of benzene rings is 1. The predicted molar refractivity (Wildman–Crippen MR) is 51.7 cm³/mol. The standard InChI is InChI=1S/C11H13F3O/c1-11(2,3)8-5-4-7(12)6-9(8)15-10(13)14/h4-6,10H,1-3H3. The van der Waals surface area contributed by atoms with Crippen LogP contribution in [0.1, 0.15) is 26.3 Å². The monoisotopic (exact) mass is 218 g/mol. The van der Waals surface area contributed by atoms with E-state index in [0.717, 1.165) is 6.07 Å². The van der Waals surface area contributed by atoms with Gasteiger partial charge in [-0.05, 0) is 17.0 Å². The molecule has 1 aromatic rings. The molecule has 0 saturated carbocycles. The third-order valence-electron chi connectivity index (χ3n) is 1.97. The van der Waals surface area contributed by atoms with E-state index in [4.69, 9.17) is 0 Å². The molecule has 0 bridgehead atoms. The summed E-state index contributed by atoms with van der Waals surface area (Å²) in [4.78, 5) is 0. The van der Waals surface area contributed by atoms with Crippen molar-refractivity contribution in [2.45, 2.75) is 32.8 Å². The first-order valence-electron chi connectivity index (χ1n) is 4.55. The maximum absolute atomic E-state index is 12.9. The van der Waals surface area contributed by atoms with Crippen LogP contribution in [0.25, 0.3) is 0 Å². The van der Waals surface area contributed by atoms with Gasteiger partial charge in [-0.3, -0.25) is 0 Å². The van der Waals surface area contributed by atoms with Crippen LogP contribution in [0.5, 0.6) is 5.75 Å². The lowest BCUT2D eigenvalue weighted by molar-refractivity contribution is -0.0510. The summed E-state index contributed by atoms with van der Waals surface area (Å²) < 4.78 is 41.3. The SMILES string of the molecule is CC(C)(C)c1ccc(F)cc1OC(F)F. The van der Waals surface area contributed by atoms with Gasteiger partial charge in [0, 0.05) is 6.07 Å². The summed E-state index contributed by atoms with van der Waals surface area (Å²) in [5, 5.41) is 0. The van der Waals surface area contributed by atoms with Crippen LogP contribution in [0.3, 0.4) is 0 Å². The van der Waals surface area contributed by atoms with Crippen LogP contribution in [0.4, 0.5) is 13.2 Å². The van der Waals surface area contributed by atoms with Crippen molar-refractivity contribution in [3.05, 3.63) is 29.6 Å². The summed E-state index contributed by atoms with van der Waals surface area (Å²) in [5.41, 5.74) is 0.196. The molecule has 0 amide bonds. The molecule has 15 heavy (non-hydrogen) atoms. The Balaban J connectivity index is 3.15. The third-order valence-corrected chi connectivity index (χ3v) is 1.97. The van der Waals surface area contributed by atoms with Gasteiger partial charge in [-0.15, -0.1) is 0 Å². The number of halogens is 3. The Morgan fingerprint density at radius 3 is 2.27 bits per heavy atom. The van der Waals surface area contributed by atoms with Gasteiger partial charge in [0.2, 0.25) is 0 Å². The smallest absolute Gasteiger partial charge is 0.387 e. The van der Waals surface area contributed by atoms with E-state index in [2.05, 4.69) is 4.74 Å². The van der Waals surface area contributed by atoms with Crippen LogP contribution in [0.15, 0.2) is 18.2 Å². The van der Waals surface area contributed by atoms with Crippen LogP contribution in [0.2, 0.25) is 0 Å². The number of ether oxygens (including phenoxy) is 1. The summed E-state index contributed by atoms with van der Waals surface area (Å²) in [6.45, 7) is 2.60. The normalized spacial score (nSPS) is 11.9. The van der Waals surface area contributed by atoms with Crippen molar-refractivity contribution in [3.63, 3.8) is 0 Å². The maximum Gasteiger partial charge on any atom is 0.387 e. The third kappa shape index (κ3) is 3.15. The Morgan fingerprint density at radius 2 is 1.80 bits per heavy atom. The molecule has 1 rings (SSSR count). The number of alkyl halides is 2. The minimum absolute atomic E-state index is 0.0995. The minimum Gasteiger partial charge on any atom is -0.434 e. The van der Waals surface area contributed by atoms with Gasteiger partial charge in [-0.1, -0.05) is 26.8 Å². The van der Waals surface area contributed by atoms with Crippen LogP contribution in [0, 0.1) is 5.82 Å². The first-order valence-corrected chi connectivity index (χ1v) is 4.55. The van der Waals surface area contributed by atoms with Gasteiger partial charge in [0.25, 0.3) is 0 Å². The van der Waals surface area contributed by atoms with Crippen LogP contribution < -0.4 is 4.74 Å². The van der Waals surface area contributed by atoms with Crippen molar-refractivity contribution in [2.24, 2.45) is 0 Å². The quantitative estimate of drug-likeness (QED) is 0.735. The van der Waals surface area contributed by atoms with Gasteiger partial charge in [-0.2, -0.15) is 8.78 Å². The van der Waals surface area contributed by atoms with Gasteiger partial charge in [0.1, 0.15) is 11.6 Å². The van der Waals surface area contributed by atoms with Gasteiger partial charge in [0.05, 0.1) is 0 Å². The Morgan fingerprint density at radius 1 is 1.20 bits per heavy atom. The van der Waals surface area contributed by atoms with E-state index in [1.54, 1.807) is 0 Å². The van der Waals surface area contributed by atoms with Gasteiger partial charge >= 0.3 is 6.61 Å². The molecule has 0 heterocycles. The van der Waals surface area contributed by atoms with Gasteiger partial charge in [-0.25, -0.2) is 4.39 Å². The first-order chi connectivity index (χ1) is 6.80. The zero-order valence-corrected chi connectivity index (χ0v) is 8.85. The fourth-order valence-electron chi connectivity index (χ4n) is 1.31. The van der Waals surface area contributed by atoms with E-state index in [9.17, 15) is 13.2 Å². The van der Waals surface area contributed by atoms with Crippen molar-refractivity contribution in [1.82, 2.24) is 0 Å². The lowest BCUT2D eigenvalue weighted by Crippen LogP contribution is -2.15. The predicted octanol–water partition coefficient (Wildman–Crippen LogP) is 3.72. The number of hydrogen-bond donors (Lipinski definition) is 0. The summed E-state index contributed by atoms with van der Waals surface area (Å²) >= 11 is 0. The Bertz CT molecular complexity index is 342. The summed E-state index contributed by atoms with van der Waals surface area (Å²) in [7, 11) is 0. The second-order valence-corrected chi connectivity index (χ2v) is 4.27. The molecule has 84 valence electrons. The van der Waals surface area contributed by atoms with E-state index >= 15 is 0 Å². The van der Waals surface area contributed by atoms with Crippen molar-refractivity contribution in [3.8, 4) is 5.75 Å². The van der Waals surface area contributed by atoms with E-state index < -0.39 is 12.4 Å². The fourth-order valence-corrected chi connectivity index (χ4v) is 1.31. The largest absolute Gasteiger partial charge is 0.434 e. The topological polar surface area (TPSA) is 9.23 Å². The van der Waals surface area contributed by atoms with Crippen molar-refractivity contribution < 1.29 is 17.9 Å². The van der Waals surface area contributed by atoms with Crippen molar-refractivity contribution >= 4 is 0 Å². The highest BCUT2D eigenvalue weighted by Crippen LogP contribution is 2.32. The van der Waals surface area contributed by atoms with E-state index in [-0.39, 0.29) is 11.2 Å². The molecule has 0 aromatic heterocycles. The van der Waals surface area contributed by atoms with Crippen molar-refractivity contribution in [2.75, 3.05) is 0 Å². The molecular weight excluding hydrogens is 205 g/mol. The highest BCUT2D eigenvalue weighted by atomic mass is 19.3. The zero-order valence-electron chi connectivity index (χ0n) is 8.85. The number of hydrogen-bond acceptors (Lipinski definition) is 1. The molecular formula is C11H13F3O. The van der Waals surface area contributed by atoms with Crippen LogP contribution in [-0.4, -0.2) is 6.61 Å². The molecule has 0 aliphatic carbocycles. The second-order valence-electron chi connectivity index (χ2n) is 4.27. The first kappa shape index (κ1) is 11.9. The molecule has 0 unspecified atom stereocenters. The maximum atomic E-state index is 12.9. The van der Waals surface area contributed by atoms with Crippen LogP contribution in [-0.2, 0) is 5.41 Å². The number of rotatable bonds is 2. The molecule has 0 radical (unpaired) electrons. The summed E-state index contributed by atoms with van der Waals surface area (Å²) in [5.74, 6) is -0.684. The highest BCUT2D eigenvalue weighted by Gasteiger charge is 2.21. The lowest BCUT2D eigenvalue weighted by atomic mass is 9.86. The zero-order chi connectivity index (χ0) is 11.6. The molecule has 1 nitrogen and oxygen atoms in total. The van der Waals surface area contributed by atoms with E-state index in [1.165, 1.54) is 12.1 Å². The molecule has 0 aliphatic rings. The molecule has 4 heteroatoms. The molecule has 0 aliphatic heterocycles. The summed E-state index contributed by atoms with van der Waals surface area (Å²) in [6.07, 6.45) is 0. The van der Waals surface area contributed by atoms with E-state index in [0.29, 0.717) is 5.56 Å². The molecule has 0 saturated heterocycles. The molecule has 0 N–H and O–H groups in total. The average Bonchev–Trinajstić information content (AvgIpc) is 1.99. The van der Waals surface area contributed by atoms with E-state index in [1.807, 2.05) is 20.8 Å². The fraction of sp³-hybridized carbons (Fsp3) is 0.455. The molecule has 0 spiro atoms. The molecule has 1 aromatic carbocycles.